The highest BCUT2D eigenvalue weighted by atomic mass is 32.2. The minimum absolute atomic E-state index is 0.131. The van der Waals surface area contributed by atoms with Gasteiger partial charge in [0.25, 0.3) is 0 Å². The van der Waals surface area contributed by atoms with Crippen molar-refractivity contribution in [3.05, 3.63) is 18.2 Å². The van der Waals surface area contributed by atoms with Crippen LogP contribution in [0.5, 0.6) is 0 Å². The maximum atomic E-state index is 13.1. The van der Waals surface area contributed by atoms with Crippen LogP contribution in [0.15, 0.2) is 23.1 Å². The molecule has 3 rings (SSSR count). The summed E-state index contributed by atoms with van der Waals surface area (Å²) in [7, 11) is -2.14. The minimum atomic E-state index is -3.70. The molecule has 28 heavy (non-hydrogen) atoms. The number of hydrogen-bond acceptors (Lipinski definition) is 6. The van der Waals surface area contributed by atoms with Crippen molar-refractivity contribution in [1.82, 2.24) is 24.6 Å². The van der Waals surface area contributed by atoms with Crippen molar-refractivity contribution in [3.63, 3.8) is 0 Å². The number of piperidine rings is 1. The van der Waals surface area contributed by atoms with Gasteiger partial charge >= 0.3 is 0 Å². The summed E-state index contributed by atoms with van der Waals surface area (Å²) in [6.07, 6.45) is 1.32. The number of carbonyl (C=O) groups excluding carboxylic acids is 1. The summed E-state index contributed by atoms with van der Waals surface area (Å²) in [6, 6.07) is 5.01. The summed E-state index contributed by atoms with van der Waals surface area (Å²) in [4.78, 5) is 12.5. The average Bonchev–Trinajstić information content (AvgIpc) is 3.11. The molecule has 1 aromatic heterocycles. The van der Waals surface area contributed by atoms with Gasteiger partial charge in [0.05, 0.1) is 22.9 Å². The zero-order valence-corrected chi connectivity index (χ0v) is 17.3. The molecule has 2 aromatic rings. The van der Waals surface area contributed by atoms with Crippen molar-refractivity contribution in [2.45, 2.75) is 37.6 Å². The van der Waals surface area contributed by atoms with Crippen LogP contribution in [0.2, 0.25) is 0 Å². The van der Waals surface area contributed by atoms with Crippen molar-refractivity contribution >= 4 is 27.0 Å². The van der Waals surface area contributed by atoms with Crippen LogP contribution in [-0.4, -0.2) is 67.0 Å². The molecule has 1 atom stereocenters. The lowest BCUT2D eigenvalue weighted by Gasteiger charge is -2.31. The Hall–Kier alpha value is -2.04. The summed E-state index contributed by atoms with van der Waals surface area (Å²) in [5, 5.41) is 11.0. The summed E-state index contributed by atoms with van der Waals surface area (Å²) in [6.45, 7) is 5.41. The highest BCUT2D eigenvalue weighted by molar-refractivity contribution is 7.89. The standard InChI is InChI=1S/C18H27N5O4S/c1-13(2)23-17-7-6-15(11-16(17)20-21-23)28(25,26)22-9-4-5-14(12-22)18(24)19-8-10-27-3/h6-7,11,13-14H,4-5,8-10,12H2,1-3H3,(H,19,24). The molecule has 0 saturated carbocycles. The molecule has 1 fully saturated rings. The minimum Gasteiger partial charge on any atom is -0.383 e. The van der Waals surface area contributed by atoms with Gasteiger partial charge in [-0.2, -0.15) is 4.31 Å². The molecule has 1 unspecified atom stereocenters. The van der Waals surface area contributed by atoms with Gasteiger partial charge in [0, 0.05) is 32.8 Å². The van der Waals surface area contributed by atoms with E-state index in [1.165, 1.54) is 4.31 Å². The van der Waals surface area contributed by atoms with E-state index in [-0.39, 0.29) is 29.3 Å². The molecule has 0 radical (unpaired) electrons. The van der Waals surface area contributed by atoms with Gasteiger partial charge < -0.3 is 10.1 Å². The predicted octanol–water partition coefficient (Wildman–Crippen LogP) is 1.18. The van der Waals surface area contributed by atoms with Crippen LogP contribution in [0, 0.1) is 5.92 Å². The van der Waals surface area contributed by atoms with E-state index in [4.69, 9.17) is 4.74 Å². The van der Waals surface area contributed by atoms with E-state index in [0.717, 1.165) is 5.52 Å². The second-order valence-electron chi connectivity index (χ2n) is 7.26. The molecule has 1 aliphatic heterocycles. The number of carbonyl (C=O) groups is 1. The third-order valence-corrected chi connectivity index (χ3v) is 6.79. The fourth-order valence-electron chi connectivity index (χ4n) is 3.41. The first-order valence-electron chi connectivity index (χ1n) is 9.46. The van der Waals surface area contributed by atoms with Gasteiger partial charge in [-0.05, 0) is 44.9 Å². The SMILES string of the molecule is COCCNC(=O)C1CCCN(S(=O)(=O)c2ccc3c(c2)nnn3C(C)C)C1. The predicted molar refractivity (Wildman–Crippen MR) is 104 cm³/mol. The smallest absolute Gasteiger partial charge is 0.243 e. The van der Waals surface area contributed by atoms with Gasteiger partial charge in [-0.25, -0.2) is 13.1 Å². The lowest BCUT2D eigenvalue weighted by atomic mass is 9.99. The van der Waals surface area contributed by atoms with Gasteiger partial charge in [0.2, 0.25) is 15.9 Å². The number of benzene rings is 1. The Balaban J connectivity index is 1.78. The zero-order valence-electron chi connectivity index (χ0n) is 16.5. The normalized spacial score (nSPS) is 18.6. The van der Waals surface area contributed by atoms with E-state index in [1.807, 2.05) is 13.8 Å². The maximum Gasteiger partial charge on any atom is 0.243 e. The molecule has 10 heteroatoms. The first-order chi connectivity index (χ1) is 13.3. The third kappa shape index (κ3) is 4.18. The van der Waals surface area contributed by atoms with Crippen LogP contribution < -0.4 is 5.32 Å². The van der Waals surface area contributed by atoms with Crippen molar-refractivity contribution in [3.8, 4) is 0 Å². The largest absolute Gasteiger partial charge is 0.383 e. The fraction of sp³-hybridized carbons (Fsp3) is 0.611. The van der Waals surface area contributed by atoms with Gasteiger partial charge in [-0.1, -0.05) is 5.21 Å². The first kappa shape index (κ1) is 20.7. The molecule has 154 valence electrons. The monoisotopic (exact) mass is 409 g/mol. The molecular weight excluding hydrogens is 382 g/mol. The summed E-state index contributed by atoms with van der Waals surface area (Å²) in [5.41, 5.74) is 1.34. The molecule has 2 heterocycles. The second-order valence-corrected chi connectivity index (χ2v) is 9.20. The molecule has 1 aromatic carbocycles. The lowest BCUT2D eigenvalue weighted by molar-refractivity contribution is -0.126. The number of hydrogen-bond donors (Lipinski definition) is 1. The van der Waals surface area contributed by atoms with Crippen LogP contribution in [0.4, 0.5) is 0 Å². The molecule has 0 spiro atoms. The van der Waals surface area contributed by atoms with Gasteiger partial charge in [-0.15, -0.1) is 5.10 Å². The number of fused-ring (bicyclic) bond motifs is 1. The molecule has 1 amide bonds. The number of sulfonamides is 1. The Morgan fingerprint density at radius 2 is 2.18 bits per heavy atom. The number of nitrogens with zero attached hydrogens (tertiary/aromatic N) is 4. The Bertz CT molecular complexity index is 941. The van der Waals surface area contributed by atoms with Crippen LogP contribution in [0.3, 0.4) is 0 Å². The molecule has 9 nitrogen and oxygen atoms in total. The maximum absolute atomic E-state index is 13.1. The highest BCUT2D eigenvalue weighted by Crippen LogP contribution is 2.26. The van der Waals surface area contributed by atoms with Crippen molar-refractivity contribution < 1.29 is 17.9 Å². The zero-order chi connectivity index (χ0) is 20.3. The van der Waals surface area contributed by atoms with Crippen molar-refractivity contribution in [2.75, 3.05) is 33.4 Å². The van der Waals surface area contributed by atoms with Gasteiger partial charge in [0.15, 0.2) is 0 Å². The second kappa shape index (κ2) is 8.54. The van der Waals surface area contributed by atoms with E-state index >= 15 is 0 Å². The number of ether oxygens (including phenoxy) is 1. The number of aromatic nitrogens is 3. The summed E-state index contributed by atoms with van der Waals surface area (Å²) >= 11 is 0. The number of rotatable bonds is 7. The molecule has 0 bridgehead atoms. The molecule has 1 aliphatic rings. The quantitative estimate of drug-likeness (QED) is 0.688. The van der Waals surface area contributed by atoms with E-state index in [1.54, 1.807) is 30.0 Å². The molecule has 1 saturated heterocycles. The lowest BCUT2D eigenvalue weighted by Crippen LogP contribution is -2.45. The highest BCUT2D eigenvalue weighted by Gasteiger charge is 2.33. The first-order valence-corrected chi connectivity index (χ1v) is 10.9. The molecule has 0 aliphatic carbocycles. The number of amides is 1. The van der Waals surface area contributed by atoms with Crippen LogP contribution in [-0.2, 0) is 19.6 Å². The van der Waals surface area contributed by atoms with Crippen LogP contribution in [0.1, 0.15) is 32.7 Å². The van der Waals surface area contributed by atoms with Gasteiger partial charge in [0.1, 0.15) is 5.52 Å². The molecule has 1 N–H and O–H groups in total. The Kier molecular flexibility index (Phi) is 6.31. The topological polar surface area (TPSA) is 106 Å². The van der Waals surface area contributed by atoms with Gasteiger partial charge in [-0.3, -0.25) is 4.79 Å². The average molecular weight is 410 g/mol. The van der Waals surface area contributed by atoms with E-state index in [2.05, 4.69) is 15.6 Å². The van der Waals surface area contributed by atoms with Crippen molar-refractivity contribution in [2.24, 2.45) is 5.92 Å². The summed E-state index contributed by atoms with van der Waals surface area (Å²) in [5.74, 6) is -0.488. The van der Waals surface area contributed by atoms with E-state index in [9.17, 15) is 13.2 Å². The Morgan fingerprint density at radius 3 is 2.89 bits per heavy atom. The molecular formula is C18H27N5O4S. The fourth-order valence-corrected chi connectivity index (χ4v) is 4.95. The van der Waals surface area contributed by atoms with Crippen molar-refractivity contribution in [1.29, 1.82) is 0 Å². The Labute approximate surface area is 165 Å². The third-order valence-electron chi connectivity index (χ3n) is 4.93. The van der Waals surface area contributed by atoms with Crippen LogP contribution >= 0.6 is 0 Å². The number of methoxy groups -OCH3 is 1. The Morgan fingerprint density at radius 1 is 1.39 bits per heavy atom. The van der Waals surface area contributed by atoms with Crippen LogP contribution in [0.25, 0.3) is 11.0 Å². The van der Waals surface area contributed by atoms with E-state index in [0.29, 0.717) is 38.1 Å². The summed E-state index contributed by atoms with van der Waals surface area (Å²) < 4.78 is 34.3. The number of nitrogens with one attached hydrogen (secondary N) is 1. The van der Waals surface area contributed by atoms with E-state index < -0.39 is 10.0 Å².